The molecule has 1 aromatic carbocycles. The predicted molar refractivity (Wildman–Crippen MR) is 80.0 cm³/mol. The molecule has 1 N–H and O–H groups in total. The van der Waals surface area contributed by atoms with Crippen LogP contribution in [0.1, 0.15) is 42.3 Å². The fraction of sp³-hybridized carbons (Fsp3) is 0.400. The fourth-order valence-electron chi connectivity index (χ4n) is 1.78. The van der Waals surface area contributed by atoms with Gasteiger partial charge in [0.15, 0.2) is 5.13 Å². The lowest BCUT2D eigenvalue weighted by Gasteiger charge is -2.09. The number of nitrogens with zero attached hydrogens (tertiary/aromatic N) is 1. The van der Waals surface area contributed by atoms with E-state index in [0.717, 1.165) is 16.5 Å². The van der Waals surface area contributed by atoms with E-state index in [-0.39, 0.29) is 0 Å². The standard InChI is InChI=1S/C15H20N2S/c1-5-10(2)13-6-8-14(9-7-13)17-15-16-11(3)12(4)18-15/h6-10H,5H2,1-4H3,(H,16,17)/t10-/m0/s1. The second-order valence-electron chi connectivity index (χ2n) is 4.72. The van der Waals surface area contributed by atoms with E-state index in [1.165, 1.54) is 16.9 Å². The molecule has 3 heteroatoms. The molecule has 18 heavy (non-hydrogen) atoms. The molecule has 0 aliphatic carbocycles. The van der Waals surface area contributed by atoms with Crippen molar-refractivity contribution in [3.63, 3.8) is 0 Å². The number of hydrogen-bond donors (Lipinski definition) is 1. The van der Waals surface area contributed by atoms with Crippen molar-refractivity contribution in [3.8, 4) is 0 Å². The molecular formula is C15H20N2S. The molecule has 0 radical (unpaired) electrons. The van der Waals surface area contributed by atoms with E-state index >= 15 is 0 Å². The Morgan fingerprint density at radius 1 is 1.22 bits per heavy atom. The van der Waals surface area contributed by atoms with Gasteiger partial charge in [-0.25, -0.2) is 4.98 Å². The summed E-state index contributed by atoms with van der Waals surface area (Å²) in [5, 5.41) is 4.33. The number of anilines is 2. The van der Waals surface area contributed by atoms with Gasteiger partial charge in [-0.2, -0.15) is 0 Å². The van der Waals surface area contributed by atoms with E-state index < -0.39 is 0 Å². The number of hydrogen-bond acceptors (Lipinski definition) is 3. The first-order chi connectivity index (χ1) is 8.60. The normalized spacial score (nSPS) is 12.4. The van der Waals surface area contributed by atoms with Gasteiger partial charge in [0, 0.05) is 10.6 Å². The van der Waals surface area contributed by atoms with Crippen LogP contribution in [0, 0.1) is 13.8 Å². The van der Waals surface area contributed by atoms with E-state index in [0.29, 0.717) is 5.92 Å². The minimum absolute atomic E-state index is 0.628. The lowest BCUT2D eigenvalue weighted by atomic mass is 9.99. The number of rotatable bonds is 4. The second-order valence-corrected chi connectivity index (χ2v) is 5.92. The highest BCUT2D eigenvalue weighted by Gasteiger charge is 2.05. The smallest absolute Gasteiger partial charge is 0.187 e. The number of nitrogens with one attached hydrogen (secondary N) is 1. The zero-order valence-electron chi connectivity index (χ0n) is 11.4. The summed E-state index contributed by atoms with van der Waals surface area (Å²) in [6.45, 7) is 8.63. The highest BCUT2D eigenvalue weighted by molar-refractivity contribution is 7.15. The largest absolute Gasteiger partial charge is 0.332 e. The summed E-state index contributed by atoms with van der Waals surface area (Å²) < 4.78 is 0. The van der Waals surface area contributed by atoms with Gasteiger partial charge in [0.25, 0.3) is 0 Å². The molecule has 0 spiro atoms. The highest BCUT2D eigenvalue weighted by Crippen LogP contribution is 2.26. The summed E-state index contributed by atoms with van der Waals surface area (Å²) in [5.74, 6) is 0.628. The molecule has 0 aliphatic heterocycles. The maximum Gasteiger partial charge on any atom is 0.187 e. The van der Waals surface area contributed by atoms with Crippen LogP contribution in [-0.2, 0) is 0 Å². The van der Waals surface area contributed by atoms with Gasteiger partial charge >= 0.3 is 0 Å². The maximum absolute atomic E-state index is 4.49. The number of aryl methyl sites for hydroxylation is 2. The third-order valence-electron chi connectivity index (χ3n) is 3.37. The van der Waals surface area contributed by atoms with Crippen LogP contribution in [0.2, 0.25) is 0 Å². The van der Waals surface area contributed by atoms with Crippen LogP contribution < -0.4 is 5.32 Å². The third kappa shape index (κ3) is 2.91. The van der Waals surface area contributed by atoms with E-state index in [4.69, 9.17) is 0 Å². The van der Waals surface area contributed by atoms with E-state index in [1.54, 1.807) is 11.3 Å². The Labute approximate surface area is 113 Å². The summed E-state index contributed by atoms with van der Waals surface area (Å²) in [5.41, 5.74) is 3.61. The number of aromatic nitrogens is 1. The van der Waals surface area contributed by atoms with Crippen molar-refractivity contribution in [2.45, 2.75) is 40.0 Å². The molecule has 1 atom stereocenters. The van der Waals surface area contributed by atoms with E-state index in [9.17, 15) is 0 Å². The average Bonchev–Trinajstić information content (AvgIpc) is 2.68. The zero-order chi connectivity index (χ0) is 13.1. The van der Waals surface area contributed by atoms with Gasteiger partial charge < -0.3 is 5.32 Å². The molecule has 0 amide bonds. The summed E-state index contributed by atoms with van der Waals surface area (Å²) in [6.07, 6.45) is 1.18. The molecule has 2 rings (SSSR count). The molecule has 1 heterocycles. The summed E-state index contributed by atoms with van der Waals surface area (Å²) in [6, 6.07) is 8.66. The molecule has 0 unspecified atom stereocenters. The lowest BCUT2D eigenvalue weighted by Crippen LogP contribution is -1.93. The SMILES string of the molecule is CC[C@H](C)c1ccc(Nc2nc(C)c(C)s2)cc1. The Morgan fingerprint density at radius 3 is 2.39 bits per heavy atom. The fourth-order valence-corrected chi connectivity index (χ4v) is 2.62. The van der Waals surface area contributed by atoms with Gasteiger partial charge in [-0.1, -0.05) is 26.0 Å². The predicted octanol–water partition coefficient (Wildman–Crippen LogP) is 5.02. The Hall–Kier alpha value is -1.35. The Morgan fingerprint density at radius 2 is 1.89 bits per heavy atom. The Bertz CT molecular complexity index is 494. The molecule has 0 fully saturated rings. The molecule has 2 aromatic rings. The molecule has 2 nitrogen and oxygen atoms in total. The van der Waals surface area contributed by atoms with Crippen LogP contribution in [0.5, 0.6) is 0 Å². The second kappa shape index (κ2) is 5.53. The summed E-state index contributed by atoms with van der Waals surface area (Å²) in [4.78, 5) is 5.76. The van der Waals surface area contributed by atoms with Gasteiger partial charge in [-0.3, -0.25) is 0 Å². The van der Waals surface area contributed by atoms with Crippen LogP contribution in [-0.4, -0.2) is 4.98 Å². The number of thiazole rings is 1. The Kier molecular flexibility index (Phi) is 4.02. The lowest BCUT2D eigenvalue weighted by molar-refractivity contribution is 0.734. The van der Waals surface area contributed by atoms with Crippen molar-refractivity contribution in [1.29, 1.82) is 0 Å². The van der Waals surface area contributed by atoms with E-state index in [2.05, 4.69) is 55.3 Å². The van der Waals surface area contributed by atoms with Crippen LogP contribution in [0.15, 0.2) is 24.3 Å². The van der Waals surface area contributed by atoms with Crippen LogP contribution in [0.4, 0.5) is 10.8 Å². The first kappa shape index (κ1) is 13.1. The van der Waals surface area contributed by atoms with Crippen molar-refractivity contribution in [1.82, 2.24) is 4.98 Å². The molecule has 96 valence electrons. The number of benzene rings is 1. The van der Waals surface area contributed by atoms with Crippen molar-refractivity contribution >= 4 is 22.2 Å². The summed E-state index contributed by atoms with van der Waals surface area (Å²) in [7, 11) is 0. The topological polar surface area (TPSA) is 24.9 Å². The molecule has 0 aliphatic rings. The van der Waals surface area contributed by atoms with E-state index in [1.807, 2.05) is 6.92 Å². The van der Waals surface area contributed by atoms with Gasteiger partial charge in [-0.05, 0) is 43.9 Å². The first-order valence-electron chi connectivity index (χ1n) is 6.41. The molecular weight excluding hydrogens is 240 g/mol. The minimum Gasteiger partial charge on any atom is -0.332 e. The summed E-state index contributed by atoms with van der Waals surface area (Å²) >= 11 is 1.70. The monoisotopic (exact) mass is 260 g/mol. The minimum atomic E-state index is 0.628. The average molecular weight is 260 g/mol. The molecule has 0 saturated carbocycles. The Balaban J connectivity index is 2.10. The molecule has 1 aromatic heterocycles. The quantitative estimate of drug-likeness (QED) is 0.835. The third-order valence-corrected chi connectivity index (χ3v) is 4.36. The van der Waals surface area contributed by atoms with Crippen molar-refractivity contribution in [2.24, 2.45) is 0 Å². The first-order valence-corrected chi connectivity index (χ1v) is 7.22. The van der Waals surface area contributed by atoms with Gasteiger partial charge in [0.05, 0.1) is 5.69 Å². The molecule has 0 bridgehead atoms. The van der Waals surface area contributed by atoms with Crippen LogP contribution >= 0.6 is 11.3 Å². The highest BCUT2D eigenvalue weighted by atomic mass is 32.1. The van der Waals surface area contributed by atoms with Crippen LogP contribution in [0.25, 0.3) is 0 Å². The van der Waals surface area contributed by atoms with Gasteiger partial charge in [0.2, 0.25) is 0 Å². The van der Waals surface area contributed by atoms with Gasteiger partial charge in [-0.15, -0.1) is 11.3 Å². The molecule has 0 saturated heterocycles. The van der Waals surface area contributed by atoms with Crippen LogP contribution in [0.3, 0.4) is 0 Å². The zero-order valence-corrected chi connectivity index (χ0v) is 12.3. The van der Waals surface area contributed by atoms with Crippen molar-refractivity contribution < 1.29 is 0 Å². The van der Waals surface area contributed by atoms with Crippen molar-refractivity contribution in [3.05, 3.63) is 40.4 Å². The van der Waals surface area contributed by atoms with Crippen molar-refractivity contribution in [2.75, 3.05) is 5.32 Å². The maximum atomic E-state index is 4.49. The van der Waals surface area contributed by atoms with Gasteiger partial charge in [0.1, 0.15) is 0 Å².